The first-order valence-electron chi connectivity index (χ1n) is 9.29. The Morgan fingerprint density at radius 1 is 0.867 bits per heavy atom. The van der Waals surface area contributed by atoms with Gasteiger partial charge in [-0.2, -0.15) is 8.78 Å². The maximum atomic E-state index is 15.6. The zero-order valence-electron chi connectivity index (χ0n) is 16.8. The third kappa shape index (κ3) is 4.31. The molecule has 0 bridgehead atoms. The molecular weight excluding hydrogens is 428 g/mol. The molecule has 3 rings (SSSR count). The van der Waals surface area contributed by atoms with Crippen molar-refractivity contribution < 1.29 is 21.4 Å². The lowest BCUT2D eigenvalue weighted by Crippen LogP contribution is -2.47. The van der Waals surface area contributed by atoms with Crippen LogP contribution in [-0.2, 0) is 20.8 Å². The van der Waals surface area contributed by atoms with Crippen molar-refractivity contribution in [2.75, 3.05) is 0 Å². The van der Waals surface area contributed by atoms with Crippen molar-refractivity contribution in [3.05, 3.63) is 78.4 Å². The molecule has 0 saturated carbocycles. The largest absolute Gasteiger partial charge is 0.369 e. The van der Waals surface area contributed by atoms with Crippen LogP contribution in [0, 0.1) is 0 Å². The Hall–Kier alpha value is -2.16. The topological polar surface area (TPSA) is 63.2 Å². The van der Waals surface area contributed by atoms with E-state index in [-0.39, 0.29) is 5.56 Å². The Morgan fingerprint density at radius 3 is 2.03 bits per heavy atom. The van der Waals surface area contributed by atoms with Crippen molar-refractivity contribution in [1.82, 2.24) is 4.72 Å². The number of sulfone groups is 1. The van der Waals surface area contributed by atoms with Crippen LogP contribution in [0.4, 0.5) is 8.78 Å². The highest BCUT2D eigenvalue weighted by Gasteiger charge is 2.54. The summed E-state index contributed by atoms with van der Waals surface area (Å²) >= 11 is 0. The van der Waals surface area contributed by atoms with Crippen LogP contribution in [0.3, 0.4) is 0 Å². The second-order valence-corrected chi connectivity index (χ2v) is 11.9. The molecule has 3 aromatic carbocycles. The van der Waals surface area contributed by atoms with Crippen LogP contribution in [0.2, 0.25) is 0 Å². The summed E-state index contributed by atoms with van der Waals surface area (Å²) in [7, 11) is -6.99. The van der Waals surface area contributed by atoms with E-state index in [1.54, 1.807) is 45.0 Å². The minimum atomic E-state index is -5.06. The number of benzene rings is 3. The average Bonchev–Trinajstić information content (AvgIpc) is 2.71. The van der Waals surface area contributed by atoms with Gasteiger partial charge in [-0.1, -0.05) is 54.6 Å². The molecule has 0 unspecified atom stereocenters. The molecular formula is C22H23F2NO3S2. The van der Waals surface area contributed by atoms with Gasteiger partial charge in [-0.15, -0.1) is 0 Å². The summed E-state index contributed by atoms with van der Waals surface area (Å²) in [6.07, 6.45) is 0. The van der Waals surface area contributed by atoms with Crippen molar-refractivity contribution in [2.45, 2.75) is 41.7 Å². The van der Waals surface area contributed by atoms with Gasteiger partial charge in [0.15, 0.2) is 0 Å². The van der Waals surface area contributed by atoms with Crippen molar-refractivity contribution >= 4 is 31.6 Å². The molecule has 0 aliphatic rings. The minimum Gasteiger partial charge on any atom is -0.242 e. The first-order chi connectivity index (χ1) is 13.9. The molecule has 0 aliphatic heterocycles. The van der Waals surface area contributed by atoms with Crippen LogP contribution in [0.5, 0.6) is 0 Å². The fourth-order valence-corrected chi connectivity index (χ4v) is 5.18. The quantitative estimate of drug-likeness (QED) is 0.574. The van der Waals surface area contributed by atoms with Gasteiger partial charge >= 0.3 is 5.25 Å². The van der Waals surface area contributed by atoms with E-state index in [1.807, 2.05) is 12.1 Å². The highest BCUT2D eigenvalue weighted by Crippen LogP contribution is 2.41. The predicted octanol–water partition coefficient (Wildman–Crippen LogP) is 5.00. The van der Waals surface area contributed by atoms with Crippen LogP contribution in [0.15, 0.2) is 77.7 Å². The van der Waals surface area contributed by atoms with E-state index in [2.05, 4.69) is 4.72 Å². The lowest BCUT2D eigenvalue weighted by molar-refractivity contribution is 0.0559. The molecule has 0 aromatic heterocycles. The molecule has 3 aromatic rings. The minimum absolute atomic E-state index is 0.0378. The van der Waals surface area contributed by atoms with Crippen molar-refractivity contribution in [3.8, 4) is 0 Å². The highest BCUT2D eigenvalue weighted by molar-refractivity contribution is 7.92. The van der Waals surface area contributed by atoms with E-state index < -0.39 is 41.8 Å². The van der Waals surface area contributed by atoms with Gasteiger partial charge in [0, 0.05) is 0 Å². The van der Waals surface area contributed by atoms with Crippen LogP contribution in [0.25, 0.3) is 10.8 Å². The van der Waals surface area contributed by atoms with E-state index in [0.29, 0.717) is 5.39 Å². The van der Waals surface area contributed by atoms with Crippen LogP contribution >= 0.6 is 0 Å². The van der Waals surface area contributed by atoms with Crippen LogP contribution < -0.4 is 4.72 Å². The van der Waals surface area contributed by atoms with Gasteiger partial charge in [0.05, 0.1) is 20.6 Å². The normalized spacial score (nSPS) is 15.1. The molecule has 30 heavy (non-hydrogen) atoms. The van der Waals surface area contributed by atoms with Gasteiger partial charge in [-0.25, -0.2) is 17.3 Å². The molecule has 1 N–H and O–H groups in total. The summed E-state index contributed by atoms with van der Waals surface area (Å²) in [5.41, 5.74) is 0.0378. The van der Waals surface area contributed by atoms with Crippen LogP contribution in [-0.4, -0.2) is 22.6 Å². The van der Waals surface area contributed by atoms with Gasteiger partial charge in [0.2, 0.25) is 9.84 Å². The smallest absolute Gasteiger partial charge is 0.242 e. The Labute approximate surface area is 177 Å². The Kier molecular flexibility index (Phi) is 6.13. The number of nitrogens with one attached hydrogen (secondary N) is 1. The number of halogens is 2. The number of hydrogen-bond donors (Lipinski definition) is 1. The standard InChI is InChI=1S/C22H23F2NO3S2/c1-21(2,3)29(26)25-20(18-14-13-16-9-7-8-10-17(16)15-18)22(23,24)30(27,28)19-11-5-4-6-12-19/h4-15,20,25H,1-3H3/t20-,29+/m0/s1. The second-order valence-electron chi connectivity index (χ2n) is 7.92. The molecule has 0 amide bonds. The number of fused-ring (bicyclic) bond motifs is 1. The summed E-state index contributed by atoms with van der Waals surface area (Å²) in [6.45, 7) is 4.87. The SMILES string of the molecule is CC(C)(C)[S@@](=O)N[C@@H](c1ccc2ccccc2c1)C(F)(F)S(=O)(=O)c1ccccc1. The lowest BCUT2D eigenvalue weighted by Gasteiger charge is -2.30. The molecule has 8 heteroatoms. The third-order valence-corrected chi connectivity index (χ3v) is 8.04. The van der Waals surface area contributed by atoms with Crippen molar-refractivity contribution in [2.24, 2.45) is 0 Å². The second kappa shape index (κ2) is 8.17. The summed E-state index contributed by atoms with van der Waals surface area (Å²) in [5, 5.41) is -2.75. The van der Waals surface area contributed by atoms with E-state index in [1.165, 1.54) is 24.3 Å². The summed E-state index contributed by atoms with van der Waals surface area (Å²) in [6, 6.07) is 16.3. The van der Waals surface area contributed by atoms with Gasteiger partial charge in [0.1, 0.15) is 6.04 Å². The first kappa shape index (κ1) is 22.5. The molecule has 0 heterocycles. The molecule has 0 radical (unpaired) electrons. The molecule has 4 nitrogen and oxygen atoms in total. The Balaban J connectivity index is 2.16. The Morgan fingerprint density at radius 2 is 1.43 bits per heavy atom. The zero-order valence-corrected chi connectivity index (χ0v) is 18.4. The van der Waals surface area contributed by atoms with Gasteiger partial charge in [0.25, 0.3) is 0 Å². The van der Waals surface area contributed by atoms with Gasteiger partial charge in [-0.05, 0) is 55.3 Å². The maximum absolute atomic E-state index is 15.6. The van der Waals surface area contributed by atoms with E-state index in [9.17, 15) is 12.6 Å². The monoisotopic (exact) mass is 451 g/mol. The number of alkyl halides is 2. The molecule has 160 valence electrons. The maximum Gasteiger partial charge on any atom is 0.369 e. The van der Waals surface area contributed by atoms with Crippen LogP contribution in [0.1, 0.15) is 32.4 Å². The predicted molar refractivity (Wildman–Crippen MR) is 116 cm³/mol. The lowest BCUT2D eigenvalue weighted by atomic mass is 10.0. The van der Waals surface area contributed by atoms with E-state index >= 15 is 8.78 Å². The van der Waals surface area contributed by atoms with Crippen molar-refractivity contribution in [3.63, 3.8) is 0 Å². The van der Waals surface area contributed by atoms with E-state index in [0.717, 1.165) is 17.5 Å². The summed E-state index contributed by atoms with van der Waals surface area (Å²) in [5.74, 6) is 0. The first-order valence-corrected chi connectivity index (χ1v) is 11.9. The molecule has 0 fully saturated rings. The van der Waals surface area contributed by atoms with Crippen molar-refractivity contribution in [1.29, 1.82) is 0 Å². The summed E-state index contributed by atoms with van der Waals surface area (Å²) in [4.78, 5) is -0.496. The van der Waals surface area contributed by atoms with Gasteiger partial charge in [-0.3, -0.25) is 0 Å². The number of rotatable bonds is 6. The number of hydrogen-bond acceptors (Lipinski definition) is 3. The summed E-state index contributed by atoms with van der Waals surface area (Å²) < 4.78 is 71.2. The Bertz CT molecular complexity index is 1170. The molecule has 2 atom stereocenters. The highest BCUT2D eigenvalue weighted by atomic mass is 32.2. The van der Waals surface area contributed by atoms with Gasteiger partial charge < -0.3 is 0 Å². The fraction of sp³-hybridized carbons (Fsp3) is 0.273. The van der Waals surface area contributed by atoms with E-state index in [4.69, 9.17) is 0 Å². The third-order valence-electron chi connectivity index (χ3n) is 4.64. The molecule has 0 spiro atoms. The zero-order chi connectivity index (χ0) is 22.2. The molecule has 0 aliphatic carbocycles. The fourth-order valence-electron chi connectivity index (χ4n) is 2.91. The molecule has 0 saturated heterocycles. The average molecular weight is 452 g/mol.